The molecule has 53 valence electrons. The Hall–Kier alpha value is 0. The highest BCUT2D eigenvalue weighted by Gasteiger charge is 2.44. The predicted molar refractivity (Wildman–Crippen MR) is 41.1 cm³/mol. The van der Waals surface area contributed by atoms with Crippen LogP contribution < -0.4 is 0 Å². The molecule has 0 aromatic rings. The third-order valence-electron chi connectivity index (χ3n) is 2.35. The Labute approximate surface area is 58.7 Å². The molecule has 1 aliphatic carbocycles. The lowest BCUT2D eigenvalue weighted by Gasteiger charge is -1.99. The van der Waals surface area contributed by atoms with Crippen molar-refractivity contribution in [3.8, 4) is 0 Å². The third-order valence-corrected chi connectivity index (χ3v) is 2.35. The molecule has 0 heterocycles. The third kappa shape index (κ3) is 1.70. The molecule has 1 saturated carbocycles. The Bertz CT molecular complexity index is 92.2. The van der Waals surface area contributed by atoms with E-state index >= 15 is 0 Å². The number of hydrogen-bond donors (Lipinski definition) is 0. The Balaban J connectivity index is 2.06. The van der Waals surface area contributed by atoms with E-state index in [0.717, 1.165) is 5.92 Å². The molecule has 1 fully saturated rings. The molecule has 0 bridgehead atoms. The summed E-state index contributed by atoms with van der Waals surface area (Å²) in [7, 11) is 0. The van der Waals surface area contributed by atoms with Crippen molar-refractivity contribution in [2.45, 2.75) is 40.0 Å². The summed E-state index contributed by atoms with van der Waals surface area (Å²) >= 11 is 0. The van der Waals surface area contributed by atoms with Crippen LogP contribution >= 0.6 is 0 Å². The highest BCUT2D eigenvalue weighted by Crippen LogP contribution is 2.52. The van der Waals surface area contributed by atoms with Crippen molar-refractivity contribution in [2.75, 3.05) is 0 Å². The van der Waals surface area contributed by atoms with Crippen LogP contribution in [0.2, 0.25) is 0 Å². The first-order chi connectivity index (χ1) is 4.17. The minimum atomic E-state index is 0.592. The van der Waals surface area contributed by atoms with Crippen LogP contribution in [0.3, 0.4) is 0 Å². The maximum absolute atomic E-state index is 2.46. The molecule has 0 aromatic carbocycles. The van der Waals surface area contributed by atoms with E-state index in [2.05, 4.69) is 27.2 Å². The van der Waals surface area contributed by atoms with Gasteiger partial charge in [0.25, 0.3) is 0 Å². The predicted octanol–water partition coefficient (Wildman–Crippen LogP) is 3.04. The lowest BCUT2D eigenvalue weighted by atomic mass is 10.1. The Morgan fingerprint density at radius 1 is 1.44 bits per heavy atom. The van der Waals surface area contributed by atoms with Gasteiger partial charge in [0.2, 0.25) is 0 Å². The molecular weight excluding hydrogens is 108 g/mol. The van der Waals surface area contributed by atoms with Gasteiger partial charge >= 0.3 is 0 Å². The lowest BCUT2D eigenvalue weighted by Crippen LogP contribution is -1.89. The van der Waals surface area contributed by atoms with Crippen LogP contribution in [-0.2, 0) is 0 Å². The van der Waals surface area contributed by atoms with E-state index in [4.69, 9.17) is 0 Å². The van der Waals surface area contributed by atoms with E-state index in [-0.39, 0.29) is 0 Å². The first-order valence-corrected chi connectivity index (χ1v) is 4.03. The highest BCUT2D eigenvalue weighted by molar-refractivity contribution is 5.12. The van der Waals surface area contributed by atoms with Crippen LogP contribution in [0.5, 0.6) is 0 Å². The van der Waals surface area contributed by atoms with Gasteiger partial charge in [0.15, 0.2) is 0 Å². The van der Waals surface area contributed by atoms with Crippen molar-refractivity contribution in [1.82, 2.24) is 0 Å². The SMILES string of the molecule is CCCCC1[CH]C1(C)C. The maximum Gasteiger partial charge on any atom is -0.0289 e. The lowest BCUT2D eigenvalue weighted by molar-refractivity contribution is 0.516. The average molecular weight is 125 g/mol. The van der Waals surface area contributed by atoms with Crippen LogP contribution in [0.25, 0.3) is 0 Å². The zero-order valence-electron chi connectivity index (χ0n) is 6.78. The zero-order chi connectivity index (χ0) is 6.91. The molecule has 0 amide bonds. The maximum atomic E-state index is 2.46. The fourth-order valence-electron chi connectivity index (χ4n) is 1.35. The van der Waals surface area contributed by atoms with E-state index in [0.29, 0.717) is 5.41 Å². The number of rotatable bonds is 3. The van der Waals surface area contributed by atoms with Gasteiger partial charge in [-0.1, -0.05) is 33.6 Å². The van der Waals surface area contributed by atoms with Gasteiger partial charge < -0.3 is 0 Å². The van der Waals surface area contributed by atoms with Crippen molar-refractivity contribution in [2.24, 2.45) is 11.3 Å². The van der Waals surface area contributed by atoms with Gasteiger partial charge in [-0.15, -0.1) is 0 Å². The van der Waals surface area contributed by atoms with Crippen molar-refractivity contribution in [1.29, 1.82) is 0 Å². The van der Waals surface area contributed by atoms with Crippen molar-refractivity contribution in [3.05, 3.63) is 6.42 Å². The smallest absolute Gasteiger partial charge is 0.0289 e. The van der Waals surface area contributed by atoms with E-state index in [1.54, 1.807) is 0 Å². The van der Waals surface area contributed by atoms with Crippen LogP contribution in [-0.4, -0.2) is 0 Å². The molecule has 0 aliphatic heterocycles. The van der Waals surface area contributed by atoms with Gasteiger partial charge in [0, 0.05) is 0 Å². The molecule has 0 spiro atoms. The topological polar surface area (TPSA) is 0 Å². The summed E-state index contributed by atoms with van der Waals surface area (Å²) in [6, 6.07) is 0. The van der Waals surface area contributed by atoms with E-state index < -0.39 is 0 Å². The molecule has 1 unspecified atom stereocenters. The van der Waals surface area contributed by atoms with Crippen LogP contribution in [0.15, 0.2) is 0 Å². The summed E-state index contributed by atoms with van der Waals surface area (Å²) in [6.07, 6.45) is 6.64. The van der Waals surface area contributed by atoms with E-state index in [1.165, 1.54) is 19.3 Å². The van der Waals surface area contributed by atoms with Gasteiger partial charge in [-0.3, -0.25) is 0 Å². The Morgan fingerprint density at radius 2 is 2.00 bits per heavy atom. The van der Waals surface area contributed by atoms with Crippen LogP contribution in [0, 0.1) is 17.8 Å². The second kappa shape index (κ2) is 2.32. The molecule has 0 heteroatoms. The summed E-state index contributed by atoms with van der Waals surface area (Å²) in [4.78, 5) is 0. The van der Waals surface area contributed by atoms with E-state index in [1.807, 2.05) is 0 Å². The molecule has 1 aliphatic rings. The summed E-state index contributed by atoms with van der Waals surface area (Å²) in [5.41, 5.74) is 0.592. The quantitative estimate of drug-likeness (QED) is 0.544. The molecule has 1 atom stereocenters. The Morgan fingerprint density at radius 3 is 2.33 bits per heavy atom. The van der Waals surface area contributed by atoms with Gasteiger partial charge in [0.05, 0.1) is 0 Å². The fraction of sp³-hybridized carbons (Fsp3) is 0.889. The van der Waals surface area contributed by atoms with Gasteiger partial charge in [0.1, 0.15) is 0 Å². The second-order valence-electron chi connectivity index (χ2n) is 3.74. The van der Waals surface area contributed by atoms with Crippen molar-refractivity contribution >= 4 is 0 Å². The summed E-state index contributed by atoms with van der Waals surface area (Å²) in [5, 5.41) is 0. The molecule has 0 N–H and O–H groups in total. The molecule has 0 aromatic heterocycles. The first-order valence-electron chi connectivity index (χ1n) is 4.03. The molecular formula is C9H17. The first kappa shape index (κ1) is 7.11. The van der Waals surface area contributed by atoms with Crippen molar-refractivity contribution in [3.63, 3.8) is 0 Å². The van der Waals surface area contributed by atoms with Gasteiger partial charge in [-0.2, -0.15) is 0 Å². The standard InChI is InChI=1S/C9H17/c1-4-5-6-8-7-9(8,2)3/h7-8H,4-6H2,1-3H3. The second-order valence-corrected chi connectivity index (χ2v) is 3.74. The zero-order valence-corrected chi connectivity index (χ0v) is 6.78. The fourth-order valence-corrected chi connectivity index (χ4v) is 1.35. The minimum absolute atomic E-state index is 0.592. The summed E-state index contributed by atoms with van der Waals surface area (Å²) in [5.74, 6) is 0.942. The number of unbranched alkanes of at least 4 members (excludes halogenated alkanes) is 1. The monoisotopic (exact) mass is 125 g/mol. The van der Waals surface area contributed by atoms with Crippen LogP contribution in [0.1, 0.15) is 40.0 Å². The van der Waals surface area contributed by atoms with Gasteiger partial charge in [-0.25, -0.2) is 0 Å². The van der Waals surface area contributed by atoms with Crippen molar-refractivity contribution < 1.29 is 0 Å². The molecule has 1 rings (SSSR count). The molecule has 1 radical (unpaired) electrons. The van der Waals surface area contributed by atoms with Gasteiger partial charge in [-0.05, 0) is 24.2 Å². The average Bonchev–Trinajstić information content (AvgIpc) is 2.35. The van der Waals surface area contributed by atoms with E-state index in [9.17, 15) is 0 Å². The largest absolute Gasteiger partial charge is 0.0654 e. The summed E-state index contributed by atoms with van der Waals surface area (Å²) < 4.78 is 0. The Kier molecular flexibility index (Phi) is 1.83. The van der Waals surface area contributed by atoms with Crippen LogP contribution in [0.4, 0.5) is 0 Å². The number of hydrogen-bond acceptors (Lipinski definition) is 0. The minimum Gasteiger partial charge on any atom is -0.0654 e. The summed E-state index contributed by atoms with van der Waals surface area (Å²) in [6.45, 7) is 6.91. The molecule has 9 heavy (non-hydrogen) atoms. The highest BCUT2D eigenvalue weighted by atomic mass is 14.5. The molecule has 0 nitrogen and oxygen atoms in total. The normalized spacial score (nSPS) is 30.3. The molecule has 0 saturated heterocycles.